The Bertz CT molecular complexity index is 705. The fraction of sp³-hybridized carbons (Fsp3) is 0.474. The van der Waals surface area contributed by atoms with Crippen LogP contribution in [-0.4, -0.2) is 33.1 Å². The molecule has 0 aromatic heterocycles. The summed E-state index contributed by atoms with van der Waals surface area (Å²) in [6.07, 6.45) is 3.47. The molecule has 1 amide bonds. The fourth-order valence-corrected chi connectivity index (χ4v) is 3.75. The van der Waals surface area contributed by atoms with Crippen molar-refractivity contribution in [2.45, 2.75) is 58.1 Å². The van der Waals surface area contributed by atoms with Crippen LogP contribution in [0.25, 0.3) is 0 Å². The lowest BCUT2D eigenvalue weighted by molar-refractivity contribution is -0.138. The average Bonchev–Trinajstić information content (AvgIpc) is 2.89. The number of hydrogen-bond acceptors (Lipinski definition) is 5. The third-order valence-corrected chi connectivity index (χ3v) is 5.07. The Kier molecular flexibility index (Phi) is 7.38. The van der Waals surface area contributed by atoms with Gasteiger partial charge < -0.3 is 5.11 Å². The van der Waals surface area contributed by atoms with Crippen molar-refractivity contribution in [2.75, 3.05) is 4.90 Å². The molecule has 0 aliphatic carbocycles. The van der Waals surface area contributed by atoms with Crippen molar-refractivity contribution in [1.82, 2.24) is 0 Å². The van der Waals surface area contributed by atoms with Crippen LogP contribution in [-0.2, 0) is 9.59 Å². The second-order valence-electron chi connectivity index (χ2n) is 6.26. The van der Waals surface area contributed by atoms with Crippen LogP contribution in [0.5, 0.6) is 0 Å². The monoisotopic (exact) mass is 375 g/mol. The number of carboxylic acids is 1. The van der Waals surface area contributed by atoms with Gasteiger partial charge in [-0.25, -0.2) is 0 Å². The zero-order valence-electron chi connectivity index (χ0n) is 15.4. The summed E-state index contributed by atoms with van der Waals surface area (Å²) in [4.78, 5) is 25.3. The molecule has 1 aliphatic rings. The number of benzene rings is 1. The SMILES string of the molecule is CCCC(CCC)=N/N=C1/S[C@@H](CC(=O)O)C(=O)N1c1ccc(C)cc1. The molecule has 0 bridgehead atoms. The van der Waals surface area contributed by atoms with Crippen LogP contribution in [0.2, 0.25) is 0 Å². The van der Waals surface area contributed by atoms with E-state index in [1.54, 1.807) is 0 Å². The van der Waals surface area contributed by atoms with Gasteiger partial charge in [0.25, 0.3) is 0 Å². The van der Waals surface area contributed by atoms with E-state index in [1.807, 2.05) is 31.2 Å². The Labute approximate surface area is 158 Å². The number of amides is 1. The van der Waals surface area contributed by atoms with E-state index in [0.717, 1.165) is 37.0 Å². The van der Waals surface area contributed by atoms with Gasteiger partial charge in [0, 0.05) is 5.71 Å². The first-order valence-electron chi connectivity index (χ1n) is 8.88. The molecule has 140 valence electrons. The Morgan fingerprint density at radius 1 is 1.19 bits per heavy atom. The van der Waals surface area contributed by atoms with E-state index in [0.29, 0.717) is 10.9 Å². The molecular formula is C19H25N3O3S. The molecule has 0 radical (unpaired) electrons. The Balaban J connectivity index is 2.36. The lowest BCUT2D eigenvalue weighted by Crippen LogP contribution is -2.32. The topological polar surface area (TPSA) is 82.3 Å². The number of thioether (sulfide) groups is 1. The number of rotatable bonds is 8. The maximum atomic E-state index is 12.7. The highest BCUT2D eigenvalue weighted by atomic mass is 32.2. The summed E-state index contributed by atoms with van der Waals surface area (Å²) in [7, 11) is 0. The zero-order valence-corrected chi connectivity index (χ0v) is 16.3. The summed E-state index contributed by atoms with van der Waals surface area (Å²) in [5, 5.41) is 17.5. The number of hydrogen-bond donors (Lipinski definition) is 1. The minimum Gasteiger partial charge on any atom is -0.481 e. The Morgan fingerprint density at radius 3 is 2.35 bits per heavy atom. The Morgan fingerprint density at radius 2 is 1.81 bits per heavy atom. The number of carbonyl (C=O) groups is 2. The summed E-state index contributed by atoms with van der Waals surface area (Å²) < 4.78 is 0. The number of aliphatic carboxylic acids is 1. The molecule has 26 heavy (non-hydrogen) atoms. The minimum atomic E-state index is -0.998. The third-order valence-electron chi connectivity index (χ3n) is 3.94. The molecule has 1 N–H and O–H groups in total. The van der Waals surface area contributed by atoms with Gasteiger partial charge in [-0.2, -0.15) is 5.10 Å². The van der Waals surface area contributed by atoms with E-state index in [4.69, 9.17) is 5.11 Å². The highest BCUT2D eigenvalue weighted by molar-refractivity contribution is 8.16. The van der Waals surface area contributed by atoms with Gasteiger partial charge in [-0.05, 0) is 31.9 Å². The zero-order chi connectivity index (χ0) is 19.1. The molecular weight excluding hydrogens is 350 g/mol. The molecule has 0 unspecified atom stereocenters. The summed E-state index contributed by atoms with van der Waals surface area (Å²) in [6.45, 7) is 6.15. The normalized spacial score (nSPS) is 18.4. The summed E-state index contributed by atoms with van der Waals surface area (Å²) in [5.74, 6) is -1.26. The maximum Gasteiger partial charge on any atom is 0.305 e. The second-order valence-corrected chi connectivity index (χ2v) is 7.43. The number of carbonyl (C=O) groups excluding carboxylic acids is 1. The lowest BCUT2D eigenvalue weighted by Gasteiger charge is -2.16. The number of carboxylic acid groups (broad SMARTS) is 1. The van der Waals surface area contributed by atoms with Crippen LogP contribution in [0.3, 0.4) is 0 Å². The van der Waals surface area contributed by atoms with Crippen molar-refractivity contribution in [3.8, 4) is 0 Å². The van der Waals surface area contributed by atoms with Crippen LogP contribution >= 0.6 is 11.8 Å². The first kappa shape index (κ1) is 20.2. The van der Waals surface area contributed by atoms with E-state index in [-0.39, 0.29) is 12.3 Å². The fourth-order valence-electron chi connectivity index (χ4n) is 2.67. The highest BCUT2D eigenvalue weighted by Gasteiger charge is 2.40. The van der Waals surface area contributed by atoms with Crippen LogP contribution in [0, 0.1) is 6.92 Å². The van der Waals surface area contributed by atoms with Crippen molar-refractivity contribution in [3.63, 3.8) is 0 Å². The van der Waals surface area contributed by atoms with Crippen molar-refractivity contribution >= 4 is 40.2 Å². The number of aryl methyl sites for hydroxylation is 1. The molecule has 1 saturated heterocycles. The van der Waals surface area contributed by atoms with E-state index >= 15 is 0 Å². The van der Waals surface area contributed by atoms with Crippen LogP contribution in [0.4, 0.5) is 5.69 Å². The van der Waals surface area contributed by atoms with Crippen molar-refractivity contribution in [3.05, 3.63) is 29.8 Å². The molecule has 1 atom stereocenters. The molecule has 1 aromatic rings. The summed E-state index contributed by atoms with van der Waals surface area (Å²) >= 11 is 1.17. The van der Waals surface area contributed by atoms with Crippen molar-refractivity contribution < 1.29 is 14.7 Å². The van der Waals surface area contributed by atoms with Gasteiger partial charge in [0.1, 0.15) is 5.25 Å². The van der Waals surface area contributed by atoms with Gasteiger partial charge in [-0.3, -0.25) is 14.5 Å². The van der Waals surface area contributed by atoms with Crippen molar-refractivity contribution in [1.29, 1.82) is 0 Å². The van der Waals surface area contributed by atoms with Gasteiger partial charge in [0.2, 0.25) is 5.91 Å². The van der Waals surface area contributed by atoms with Gasteiger partial charge >= 0.3 is 5.97 Å². The molecule has 1 aliphatic heterocycles. The lowest BCUT2D eigenvalue weighted by atomic mass is 10.1. The molecule has 1 fully saturated rings. The standard InChI is InChI=1S/C19H25N3O3S/c1-4-6-14(7-5-2)20-21-19-22(15-10-8-13(3)9-11-15)18(25)16(26-19)12-17(23)24/h8-11,16H,4-7,12H2,1-3H3,(H,23,24)/b21-19+/t16-/m0/s1. The molecule has 1 aromatic carbocycles. The van der Waals surface area contributed by atoms with Gasteiger partial charge in [-0.15, -0.1) is 5.10 Å². The number of anilines is 1. The smallest absolute Gasteiger partial charge is 0.305 e. The van der Waals surface area contributed by atoms with Crippen LogP contribution in [0.15, 0.2) is 34.5 Å². The van der Waals surface area contributed by atoms with E-state index in [9.17, 15) is 9.59 Å². The summed E-state index contributed by atoms with van der Waals surface area (Å²) in [6, 6.07) is 7.51. The second kappa shape index (κ2) is 9.52. The third kappa shape index (κ3) is 5.17. The molecule has 7 heteroatoms. The molecule has 2 rings (SSSR count). The van der Waals surface area contributed by atoms with Gasteiger partial charge in [0.15, 0.2) is 5.17 Å². The molecule has 6 nitrogen and oxygen atoms in total. The first-order chi connectivity index (χ1) is 12.5. The van der Waals surface area contributed by atoms with Gasteiger partial charge in [0.05, 0.1) is 12.1 Å². The molecule has 1 heterocycles. The maximum absolute atomic E-state index is 12.7. The average molecular weight is 375 g/mol. The van der Waals surface area contributed by atoms with E-state index in [2.05, 4.69) is 24.1 Å². The van der Waals surface area contributed by atoms with E-state index < -0.39 is 11.2 Å². The van der Waals surface area contributed by atoms with Crippen molar-refractivity contribution in [2.24, 2.45) is 10.2 Å². The van der Waals surface area contributed by atoms with Crippen LogP contribution in [0.1, 0.15) is 51.5 Å². The highest BCUT2D eigenvalue weighted by Crippen LogP contribution is 2.34. The predicted molar refractivity (Wildman–Crippen MR) is 107 cm³/mol. The van der Waals surface area contributed by atoms with E-state index in [1.165, 1.54) is 16.7 Å². The minimum absolute atomic E-state index is 0.231. The van der Waals surface area contributed by atoms with Gasteiger partial charge in [-0.1, -0.05) is 56.1 Å². The first-order valence-corrected chi connectivity index (χ1v) is 9.76. The number of nitrogens with zero attached hydrogens (tertiary/aromatic N) is 3. The molecule has 0 saturated carbocycles. The largest absolute Gasteiger partial charge is 0.481 e. The number of amidine groups is 1. The Hall–Kier alpha value is -2.15. The summed E-state index contributed by atoms with van der Waals surface area (Å²) in [5.41, 5.74) is 2.77. The predicted octanol–water partition coefficient (Wildman–Crippen LogP) is 4.23. The quantitative estimate of drug-likeness (QED) is 0.544. The van der Waals surface area contributed by atoms with Crippen LogP contribution < -0.4 is 4.90 Å². The molecule has 0 spiro atoms.